The first-order valence-corrected chi connectivity index (χ1v) is 12.5. The highest BCUT2D eigenvalue weighted by molar-refractivity contribution is 5.90. The summed E-state index contributed by atoms with van der Waals surface area (Å²) in [5.74, 6) is 1.55. The van der Waals surface area contributed by atoms with Gasteiger partial charge in [-0.2, -0.15) is 0 Å². The molecule has 4 rings (SSSR count). The van der Waals surface area contributed by atoms with E-state index in [1.54, 1.807) is 0 Å². The molecule has 2 aliphatic heterocycles. The predicted molar refractivity (Wildman–Crippen MR) is 135 cm³/mol. The molecule has 5 nitrogen and oxygen atoms in total. The fourth-order valence-corrected chi connectivity index (χ4v) is 5.05. The number of carbonyl (C=O) groups is 1. The van der Waals surface area contributed by atoms with Gasteiger partial charge in [-0.15, -0.1) is 0 Å². The molecule has 0 aromatic heterocycles. The van der Waals surface area contributed by atoms with Crippen molar-refractivity contribution in [3.05, 3.63) is 59.7 Å². The standard InChI is InChI=1S/C28H39N3O2/c1-22(2)21-33-26-11-7-5-9-24(26)20-30-16-12-28(13-17-30)14-18-31(19-15-28)27(32)29-25-10-6-4-8-23(25)3/h4-11,22H,12-21H2,1-3H3,(H,29,32). The van der Waals surface area contributed by atoms with E-state index in [0.717, 1.165) is 69.2 Å². The summed E-state index contributed by atoms with van der Waals surface area (Å²) in [5, 5.41) is 3.09. The van der Waals surface area contributed by atoms with E-state index in [1.807, 2.05) is 36.1 Å². The lowest BCUT2D eigenvalue weighted by Crippen LogP contribution is -2.49. The summed E-state index contributed by atoms with van der Waals surface area (Å²) >= 11 is 0. The van der Waals surface area contributed by atoms with Crippen molar-refractivity contribution in [3.63, 3.8) is 0 Å². The number of benzene rings is 2. The zero-order valence-electron chi connectivity index (χ0n) is 20.5. The number of nitrogens with zero attached hydrogens (tertiary/aromatic N) is 2. The molecule has 2 saturated heterocycles. The number of hydrogen-bond acceptors (Lipinski definition) is 3. The summed E-state index contributed by atoms with van der Waals surface area (Å²) in [5.41, 5.74) is 3.69. The summed E-state index contributed by atoms with van der Waals surface area (Å²) in [6.07, 6.45) is 4.65. The minimum Gasteiger partial charge on any atom is -0.493 e. The van der Waals surface area contributed by atoms with Gasteiger partial charge in [-0.25, -0.2) is 4.79 Å². The number of amides is 2. The Bertz CT molecular complexity index is 924. The third kappa shape index (κ3) is 6.08. The maximum absolute atomic E-state index is 12.8. The smallest absolute Gasteiger partial charge is 0.321 e. The number of para-hydroxylation sites is 2. The van der Waals surface area contributed by atoms with E-state index in [1.165, 1.54) is 18.4 Å². The fraction of sp³-hybridized carbons (Fsp3) is 0.536. The van der Waals surface area contributed by atoms with Crippen LogP contribution in [0.1, 0.15) is 50.7 Å². The zero-order chi connectivity index (χ0) is 23.3. The van der Waals surface area contributed by atoms with E-state index >= 15 is 0 Å². The van der Waals surface area contributed by atoms with Crippen LogP contribution < -0.4 is 10.1 Å². The monoisotopic (exact) mass is 449 g/mol. The van der Waals surface area contributed by atoms with E-state index in [-0.39, 0.29) is 6.03 Å². The molecule has 2 aliphatic rings. The van der Waals surface area contributed by atoms with Gasteiger partial charge in [-0.05, 0) is 74.7 Å². The van der Waals surface area contributed by atoms with Gasteiger partial charge >= 0.3 is 6.03 Å². The molecule has 2 amide bonds. The van der Waals surface area contributed by atoms with Crippen LogP contribution in [-0.4, -0.2) is 48.6 Å². The molecule has 1 N–H and O–H groups in total. The average molecular weight is 450 g/mol. The maximum atomic E-state index is 12.8. The van der Waals surface area contributed by atoms with Crippen molar-refractivity contribution >= 4 is 11.7 Å². The zero-order valence-corrected chi connectivity index (χ0v) is 20.5. The molecule has 178 valence electrons. The Hall–Kier alpha value is -2.53. The molecule has 2 fully saturated rings. The topological polar surface area (TPSA) is 44.8 Å². The number of nitrogens with one attached hydrogen (secondary N) is 1. The van der Waals surface area contributed by atoms with E-state index in [2.05, 4.69) is 48.3 Å². The van der Waals surface area contributed by atoms with Crippen molar-refractivity contribution in [2.45, 2.75) is 53.0 Å². The number of carbonyl (C=O) groups excluding carboxylic acids is 1. The highest BCUT2D eigenvalue weighted by Gasteiger charge is 2.38. The lowest BCUT2D eigenvalue weighted by Gasteiger charge is -2.47. The molecule has 2 heterocycles. The molecule has 0 radical (unpaired) electrons. The molecular formula is C28H39N3O2. The number of ether oxygens (including phenoxy) is 1. The molecule has 0 unspecified atom stereocenters. The Kier molecular flexibility index (Phi) is 7.59. The molecule has 33 heavy (non-hydrogen) atoms. The van der Waals surface area contributed by atoms with E-state index < -0.39 is 0 Å². The Labute approximate surface area is 199 Å². The second kappa shape index (κ2) is 10.6. The van der Waals surface area contributed by atoms with Crippen LogP contribution in [0, 0.1) is 18.3 Å². The van der Waals surface area contributed by atoms with Gasteiger partial charge in [0.25, 0.3) is 0 Å². The molecule has 2 aromatic carbocycles. The van der Waals surface area contributed by atoms with Crippen LogP contribution in [0.15, 0.2) is 48.5 Å². The highest BCUT2D eigenvalue weighted by atomic mass is 16.5. The van der Waals surface area contributed by atoms with Crippen LogP contribution in [0.25, 0.3) is 0 Å². The van der Waals surface area contributed by atoms with Gasteiger partial charge in [-0.3, -0.25) is 4.90 Å². The molecule has 0 atom stereocenters. The van der Waals surface area contributed by atoms with Gasteiger partial charge in [0.2, 0.25) is 0 Å². The van der Waals surface area contributed by atoms with Crippen LogP contribution in [0.3, 0.4) is 0 Å². The average Bonchev–Trinajstić information content (AvgIpc) is 2.82. The van der Waals surface area contributed by atoms with Gasteiger partial charge in [0.1, 0.15) is 5.75 Å². The highest BCUT2D eigenvalue weighted by Crippen LogP contribution is 2.41. The van der Waals surface area contributed by atoms with Gasteiger partial charge in [0.05, 0.1) is 6.61 Å². The predicted octanol–water partition coefficient (Wildman–Crippen LogP) is 5.94. The first kappa shape index (κ1) is 23.6. The van der Waals surface area contributed by atoms with Gasteiger partial charge < -0.3 is 15.0 Å². The Morgan fingerprint density at radius 1 is 0.970 bits per heavy atom. The van der Waals surface area contributed by atoms with Crippen LogP contribution in [0.5, 0.6) is 5.75 Å². The van der Waals surface area contributed by atoms with E-state index in [4.69, 9.17) is 4.74 Å². The summed E-state index contributed by atoms with van der Waals surface area (Å²) < 4.78 is 6.06. The largest absolute Gasteiger partial charge is 0.493 e. The second-order valence-corrected chi connectivity index (χ2v) is 10.3. The summed E-state index contributed by atoms with van der Waals surface area (Å²) in [6, 6.07) is 16.5. The third-order valence-corrected chi connectivity index (χ3v) is 7.35. The van der Waals surface area contributed by atoms with Crippen molar-refractivity contribution < 1.29 is 9.53 Å². The third-order valence-electron chi connectivity index (χ3n) is 7.35. The fourth-order valence-electron chi connectivity index (χ4n) is 5.05. The van der Waals surface area contributed by atoms with Gasteiger partial charge in [-0.1, -0.05) is 50.2 Å². The Balaban J connectivity index is 1.26. The lowest BCUT2D eigenvalue weighted by molar-refractivity contribution is 0.0439. The first-order chi connectivity index (χ1) is 15.9. The van der Waals surface area contributed by atoms with Crippen LogP contribution in [0.4, 0.5) is 10.5 Å². The molecule has 1 spiro atoms. The van der Waals surface area contributed by atoms with Crippen molar-refractivity contribution in [3.8, 4) is 5.75 Å². The van der Waals surface area contributed by atoms with Crippen LogP contribution in [0.2, 0.25) is 0 Å². The van der Waals surface area contributed by atoms with Crippen molar-refractivity contribution in [1.82, 2.24) is 9.80 Å². The van der Waals surface area contributed by atoms with Crippen molar-refractivity contribution in [2.75, 3.05) is 38.1 Å². The molecule has 0 bridgehead atoms. The molecular weight excluding hydrogens is 410 g/mol. The molecule has 0 saturated carbocycles. The number of anilines is 1. The SMILES string of the molecule is Cc1ccccc1NC(=O)N1CCC2(CCN(Cc3ccccc3OCC(C)C)CC2)CC1. The number of likely N-dealkylation sites (tertiary alicyclic amines) is 2. The van der Waals surface area contributed by atoms with E-state index in [9.17, 15) is 4.79 Å². The lowest BCUT2D eigenvalue weighted by atomic mass is 9.71. The van der Waals surface area contributed by atoms with Gasteiger partial charge in [0, 0.05) is 30.9 Å². The number of hydrogen-bond donors (Lipinski definition) is 1. The summed E-state index contributed by atoms with van der Waals surface area (Å²) in [7, 11) is 0. The first-order valence-electron chi connectivity index (χ1n) is 12.5. The summed E-state index contributed by atoms with van der Waals surface area (Å²) in [6.45, 7) is 12.1. The summed E-state index contributed by atoms with van der Waals surface area (Å²) in [4.78, 5) is 17.3. The van der Waals surface area contributed by atoms with Crippen molar-refractivity contribution in [2.24, 2.45) is 11.3 Å². The van der Waals surface area contributed by atoms with Gasteiger partial charge in [0.15, 0.2) is 0 Å². The molecule has 5 heteroatoms. The maximum Gasteiger partial charge on any atom is 0.321 e. The number of rotatable bonds is 6. The van der Waals surface area contributed by atoms with Crippen molar-refractivity contribution in [1.29, 1.82) is 0 Å². The Morgan fingerprint density at radius 2 is 1.61 bits per heavy atom. The molecule has 0 aliphatic carbocycles. The number of urea groups is 1. The second-order valence-electron chi connectivity index (χ2n) is 10.3. The number of aryl methyl sites for hydroxylation is 1. The van der Waals surface area contributed by atoms with Crippen LogP contribution >= 0.6 is 0 Å². The minimum absolute atomic E-state index is 0.0367. The normalized spacial score (nSPS) is 18.5. The van der Waals surface area contributed by atoms with Crippen LogP contribution in [-0.2, 0) is 6.54 Å². The minimum atomic E-state index is 0.0367. The quantitative estimate of drug-likeness (QED) is 0.594. The molecule has 2 aromatic rings. The Morgan fingerprint density at radius 3 is 2.30 bits per heavy atom. The van der Waals surface area contributed by atoms with E-state index in [0.29, 0.717) is 11.3 Å². The number of piperidine rings is 2.